The van der Waals surface area contributed by atoms with Crippen molar-refractivity contribution < 1.29 is 4.79 Å². The van der Waals surface area contributed by atoms with E-state index in [4.69, 9.17) is 5.73 Å². The van der Waals surface area contributed by atoms with Crippen LogP contribution in [-0.4, -0.2) is 30.4 Å². The second-order valence-corrected chi connectivity index (χ2v) is 6.30. The lowest BCUT2D eigenvalue weighted by atomic mass is 9.87. The van der Waals surface area contributed by atoms with Crippen LogP contribution in [0.4, 0.5) is 0 Å². The first-order valence-electron chi connectivity index (χ1n) is 6.73. The lowest BCUT2D eigenvalue weighted by Crippen LogP contribution is -2.45. The van der Waals surface area contributed by atoms with Gasteiger partial charge in [0.2, 0.25) is 0 Å². The van der Waals surface area contributed by atoms with Crippen LogP contribution in [-0.2, 0) is 6.42 Å². The fraction of sp³-hybridized carbons (Fsp3) is 0.643. The average molecular weight is 266 g/mol. The van der Waals surface area contributed by atoms with E-state index < -0.39 is 0 Å². The Morgan fingerprint density at radius 1 is 1.56 bits per heavy atom. The number of nitrogens with two attached hydrogens (primary N) is 1. The van der Waals surface area contributed by atoms with Gasteiger partial charge in [0.1, 0.15) is 0 Å². The van der Waals surface area contributed by atoms with Gasteiger partial charge in [0.15, 0.2) is 0 Å². The number of nitrogens with zero attached hydrogens (tertiary/aromatic N) is 1. The summed E-state index contributed by atoms with van der Waals surface area (Å²) < 4.78 is 0. The molecular formula is C14H22N2OS. The molecule has 2 heterocycles. The Bertz CT molecular complexity index is 416. The molecule has 18 heavy (non-hydrogen) atoms. The molecule has 1 aliphatic rings. The fourth-order valence-electron chi connectivity index (χ4n) is 2.48. The minimum Gasteiger partial charge on any atom is -0.338 e. The Labute approximate surface area is 113 Å². The van der Waals surface area contributed by atoms with Gasteiger partial charge in [-0.15, -0.1) is 11.3 Å². The first-order chi connectivity index (χ1) is 8.65. The first kappa shape index (κ1) is 13.6. The number of hydrogen-bond acceptors (Lipinski definition) is 3. The zero-order valence-corrected chi connectivity index (χ0v) is 12.0. The molecule has 1 fully saturated rings. The van der Waals surface area contributed by atoms with E-state index in [0.29, 0.717) is 18.4 Å². The summed E-state index contributed by atoms with van der Waals surface area (Å²) in [6, 6.07) is 4.02. The number of piperidine rings is 1. The number of rotatable bonds is 3. The molecular weight excluding hydrogens is 244 g/mol. The average Bonchev–Trinajstić information content (AvgIpc) is 2.87. The van der Waals surface area contributed by atoms with Crippen molar-refractivity contribution in [1.29, 1.82) is 0 Å². The number of thiophene rings is 1. The second kappa shape index (κ2) is 5.85. The van der Waals surface area contributed by atoms with Crippen molar-refractivity contribution in [3.05, 3.63) is 21.9 Å². The van der Waals surface area contributed by atoms with Crippen LogP contribution in [0, 0.1) is 11.8 Å². The molecule has 1 amide bonds. The summed E-state index contributed by atoms with van der Waals surface area (Å²) in [5, 5.41) is 0. The van der Waals surface area contributed by atoms with Gasteiger partial charge in [-0.25, -0.2) is 0 Å². The van der Waals surface area contributed by atoms with E-state index in [1.807, 2.05) is 11.0 Å². The molecule has 0 aliphatic carbocycles. The molecule has 0 saturated carbocycles. The third-order valence-corrected chi connectivity index (χ3v) is 5.14. The van der Waals surface area contributed by atoms with Gasteiger partial charge in [-0.1, -0.05) is 13.8 Å². The lowest BCUT2D eigenvalue weighted by Gasteiger charge is -2.36. The number of carbonyl (C=O) groups is 1. The zero-order chi connectivity index (χ0) is 13.1. The van der Waals surface area contributed by atoms with E-state index in [1.54, 1.807) is 11.3 Å². The summed E-state index contributed by atoms with van der Waals surface area (Å²) in [4.78, 5) is 16.5. The largest absolute Gasteiger partial charge is 0.338 e. The third-order valence-electron chi connectivity index (χ3n) is 3.92. The van der Waals surface area contributed by atoms with Crippen molar-refractivity contribution in [1.82, 2.24) is 4.90 Å². The summed E-state index contributed by atoms with van der Waals surface area (Å²) in [6.45, 7) is 6.72. The molecule has 0 aromatic carbocycles. The van der Waals surface area contributed by atoms with Crippen molar-refractivity contribution in [3.8, 4) is 0 Å². The van der Waals surface area contributed by atoms with Crippen LogP contribution < -0.4 is 5.73 Å². The number of aryl methyl sites for hydroxylation is 1. The predicted molar refractivity (Wildman–Crippen MR) is 75.9 cm³/mol. The van der Waals surface area contributed by atoms with Gasteiger partial charge in [0.05, 0.1) is 4.88 Å². The van der Waals surface area contributed by atoms with Crippen molar-refractivity contribution >= 4 is 17.2 Å². The predicted octanol–water partition coefficient (Wildman–Crippen LogP) is 2.37. The highest BCUT2D eigenvalue weighted by Gasteiger charge is 2.28. The van der Waals surface area contributed by atoms with Crippen LogP contribution in [0.3, 0.4) is 0 Å². The van der Waals surface area contributed by atoms with Gasteiger partial charge in [-0.05, 0) is 43.4 Å². The van der Waals surface area contributed by atoms with Crippen molar-refractivity contribution in [2.24, 2.45) is 17.6 Å². The molecule has 100 valence electrons. The topological polar surface area (TPSA) is 46.3 Å². The summed E-state index contributed by atoms with van der Waals surface area (Å²) in [5.41, 5.74) is 5.78. The summed E-state index contributed by atoms with van der Waals surface area (Å²) in [5.74, 6) is 1.27. The van der Waals surface area contributed by atoms with E-state index in [1.165, 1.54) is 4.88 Å². The highest BCUT2D eigenvalue weighted by molar-refractivity contribution is 7.14. The summed E-state index contributed by atoms with van der Waals surface area (Å²) in [7, 11) is 0. The molecule has 2 unspecified atom stereocenters. The summed E-state index contributed by atoms with van der Waals surface area (Å²) >= 11 is 1.62. The van der Waals surface area contributed by atoms with Crippen molar-refractivity contribution in [3.63, 3.8) is 0 Å². The minimum absolute atomic E-state index is 0.185. The molecule has 0 bridgehead atoms. The SMILES string of the molecule is CCc1ccc(C(=O)N2CCC(C)C(CN)C2)s1. The van der Waals surface area contributed by atoms with Gasteiger partial charge >= 0.3 is 0 Å². The Morgan fingerprint density at radius 2 is 2.33 bits per heavy atom. The molecule has 3 nitrogen and oxygen atoms in total. The standard InChI is InChI=1S/C14H22N2OS/c1-3-12-4-5-13(18-12)14(17)16-7-6-10(2)11(8-15)9-16/h4-5,10-11H,3,6-9,15H2,1-2H3. The molecule has 2 atom stereocenters. The molecule has 1 saturated heterocycles. The second-order valence-electron chi connectivity index (χ2n) is 5.13. The number of likely N-dealkylation sites (tertiary alicyclic amines) is 1. The van der Waals surface area contributed by atoms with Crippen molar-refractivity contribution in [2.75, 3.05) is 19.6 Å². The van der Waals surface area contributed by atoms with Gasteiger partial charge in [0.25, 0.3) is 5.91 Å². The van der Waals surface area contributed by atoms with Crippen LogP contribution in [0.2, 0.25) is 0 Å². The highest BCUT2D eigenvalue weighted by atomic mass is 32.1. The van der Waals surface area contributed by atoms with E-state index in [2.05, 4.69) is 19.9 Å². The third kappa shape index (κ3) is 2.75. The quantitative estimate of drug-likeness (QED) is 0.913. The number of amides is 1. The van der Waals surface area contributed by atoms with Crippen LogP contribution in [0.15, 0.2) is 12.1 Å². The van der Waals surface area contributed by atoms with E-state index >= 15 is 0 Å². The smallest absolute Gasteiger partial charge is 0.263 e. The number of carbonyl (C=O) groups excluding carboxylic acids is 1. The molecule has 1 aromatic rings. The Balaban J connectivity index is 2.05. The van der Waals surface area contributed by atoms with Gasteiger partial charge in [-0.3, -0.25) is 4.79 Å². The monoisotopic (exact) mass is 266 g/mol. The molecule has 2 rings (SSSR count). The Kier molecular flexibility index (Phi) is 4.40. The van der Waals surface area contributed by atoms with Gasteiger partial charge < -0.3 is 10.6 Å². The maximum absolute atomic E-state index is 12.4. The molecule has 4 heteroatoms. The van der Waals surface area contributed by atoms with E-state index in [0.717, 1.165) is 30.8 Å². The molecule has 0 spiro atoms. The fourth-order valence-corrected chi connectivity index (χ4v) is 3.39. The lowest BCUT2D eigenvalue weighted by molar-refractivity contribution is 0.0623. The zero-order valence-electron chi connectivity index (χ0n) is 11.2. The van der Waals surface area contributed by atoms with E-state index in [-0.39, 0.29) is 5.91 Å². The number of hydrogen-bond donors (Lipinski definition) is 1. The van der Waals surface area contributed by atoms with Crippen LogP contribution in [0.5, 0.6) is 0 Å². The van der Waals surface area contributed by atoms with Crippen molar-refractivity contribution in [2.45, 2.75) is 26.7 Å². The highest BCUT2D eigenvalue weighted by Crippen LogP contribution is 2.25. The Hall–Kier alpha value is -0.870. The first-order valence-corrected chi connectivity index (χ1v) is 7.55. The maximum atomic E-state index is 12.4. The minimum atomic E-state index is 0.185. The summed E-state index contributed by atoms with van der Waals surface area (Å²) in [6.07, 6.45) is 2.07. The molecule has 0 radical (unpaired) electrons. The molecule has 1 aliphatic heterocycles. The van der Waals surface area contributed by atoms with Crippen LogP contribution in [0.25, 0.3) is 0 Å². The molecule has 1 aromatic heterocycles. The Morgan fingerprint density at radius 3 is 2.94 bits per heavy atom. The van der Waals surface area contributed by atoms with Crippen LogP contribution >= 0.6 is 11.3 Å². The van der Waals surface area contributed by atoms with Gasteiger partial charge in [-0.2, -0.15) is 0 Å². The normalized spacial score (nSPS) is 24.3. The van der Waals surface area contributed by atoms with Gasteiger partial charge in [0, 0.05) is 18.0 Å². The maximum Gasteiger partial charge on any atom is 0.263 e. The van der Waals surface area contributed by atoms with Crippen LogP contribution in [0.1, 0.15) is 34.8 Å². The van der Waals surface area contributed by atoms with E-state index in [9.17, 15) is 4.79 Å². The molecule has 2 N–H and O–H groups in total.